The standard InChI is InChI=1S/C35H34ClN3O6S/c1-5-31(35(42)38-25-17-18-29(43-2)27(36)21-25)46-26-15-10-14-24(20-26)37-34(41)28(39-33(40)22-11-7-6-8-12-22)19-23-13-9-16-30(44-3)32(23)45-4/h6-21,31H,5H2,1-4H3,(H,37,41)(H,38,42)(H,39,40)/b28-19+. The summed E-state index contributed by atoms with van der Waals surface area (Å²) in [5.41, 5.74) is 1.94. The van der Waals surface area contributed by atoms with Gasteiger partial charge in [-0.2, -0.15) is 0 Å². The maximum atomic E-state index is 13.7. The predicted molar refractivity (Wildman–Crippen MR) is 183 cm³/mol. The Bertz CT molecular complexity index is 1730. The third kappa shape index (κ3) is 8.83. The molecule has 0 spiro atoms. The normalized spacial score (nSPS) is 11.6. The Labute approximate surface area is 277 Å². The van der Waals surface area contributed by atoms with E-state index in [1.807, 2.05) is 13.0 Å². The quantitative estimate of drug-likeness (QED) is 0.102. The van der Waals surface area contributed by atoms with Crippen LogP contribution in [0.3, 0.4) is 0 Å². The second-order valence-corrected chi connectivity index (χ2v) is 11.5. The summed E-state index contributed by atoms with van der Waals surface area (Å²) in [7, 11) is 4.54. The highest BCUT2D eigenvalue weighted by Gasteiger charge is 2.20. The van der Waals surface area contributed by atoms with E-state index < -0.39 is 17.1 Å². The van der Waals surface area contributed by atoms with E-state index in [-0.39, 0.29) is 11.6 Å². The lowest BCUT2D eigenvalue weighted by atomic mass is 10.1. The number of halogens is 1. The lowest BCUT2D eigenvalue weighted by molar-refractivity contribution is -0.116. The fourth-order valence-electron chi connectivity index (χ4n) is 4.42. The molecule has 0 heterocycles. The van der Waals surface area contributed by atoms with Crippen LogP contribution in [0.4, 0.5) is 11.4 Å². The topological polar surface area (TPSA) is 115 Å². The van der Waals surface area contributed by atoms with Crippen molar-refractivity contribution < 1.29 is 28.6 Å². The van der Waals surface area contributed by atoms with Crippen LogP contribution in [-0.4, -0.2) is 44.3 Å². The molecule has 4 rings (SSSR count). The van der Waals surface area contributed by atoms with Gasteiger partial charge in [-0.05, 0) is 67.1 Å². The lowest BCUT2D eigenvalue weighted by Crippen LogP contribution is -2.30. The van der Waals surface area contributed by atoms with Crippen molar-refractivity contribution in [3.8, 4) is 17.2 Å². The number of carbonyl (C=O) groups excluding carboxylic acids is 3. The number of anilines is 2. The molecule has 0 aliphatic heterocycles. The molecular formula is C35H34ClN3O6S. The maximum absolute atomic E-state index is 13.7. The Morgan fingerprint density at radius 2 is 1.52 bits per heavy atom. The predicted octanol–water partition coefficient (Wildman–Crippen LogP) is 7.28. The lowest BCUT2D eigenvalue weighted by Gasteiger charge is -2.16. The molecule has 1 atom stereocenters. The number of benzene rings is 4. The Balaban J connectivity index is 1.54. The highest BCUT2D eigenvalue weighted by Crippen LogP contribution is 2.33. The largest absolute Gasteiger partial charge is 0.495 e. The molecule has 1 unspecified atom stereocenters. The van der Waals surface area contributed by atoms with Crippen LogP contribution < -0.4 is 30.2 Å². The molecular weight excluding hydrogens is 626 g/mol. The van der Waals surface area contributed by atoms with Crippen LogP contribution in [0.5, 0.6) is 17.2 Å². The van der Waals surface area contributed by atoms with E-state index in [0.717, 1.165) is 4.90 Å². The van der Waals surface area contributed by atoms with E-state index in [4.69, 9.17) is 25.8 Å². The summed E-state index contributed by atoms with van der Waals surface area (Å²) in [6, 6.07) is 26.0. The zero-order valence-corrected chi connectivity index (χ0v) is 27.3. The number of hydrogen-bond donors (Lipinski definition) is 3. The number of methoxy groups -OCH3 is 3. The molecule has 11 heteroatoms. The molecule has 46 heavy (non-hydrogen) atoms. The highest BCUT2D eigenvalue weighted by molar-refractivity contribution is 8.00. The van der Waals surface area contributed by atoms with Crippen LogP contribution in [-0.2, 0) is 9.59 Å². The minimum atomic E-state index is -0.558. The Hall–Kier alpha value is -4.93. The number of ether oxygens (including phenoxy) is 3. The van der Waals surface area contributed by atoms with E-state index in [0.29, 0.717) is 51.2 Å². The first kappa shape index (κ1) is 34.0. The zero-order valence-electron chi connectivity index (χ0n) is 25.8. The number of nitrogens with one attached hydrogen (secondary N) is 3. The Kier molecular flexibility index (Phi) is 12.1. The Morgan fingerprint density at radius 3 is 2.20 bits per heavy atom. The SMILES string of the molecule is CCC(Sc1cccc(NC(=O)/C(=C\c2cccc(OC)c2OC)NC(=O)c2ccccc2)c1)C(=O)Nc1ccc(OC)c(Cl)c1. The molecule has 0 radical (unpaired) electrons. The summed E-state index contributed by atoms with van der Waals surface area (Å²) in [6.07, 6.45) is 2.08. The van der Waals surface area contributed by atoms with Gasteiger partial charge in [0.25, 0.3) is 11.8 Å². The summed E-state index contributed by atoms with van der Waals surface area (Å²) >= 11 is 7.58. The van der Waals surface area contributed by atoms with Crippen LogP contribution in [0.1, 0.15) is 29.3 Å². The molecule has 0 fully saturated rings. The van der Waals surface area contributed by atoms with Crippen molar-refractivity contribution >= 4 is 58.5 Å². The van der Waals surface area contributed by atoms with Gasteiger partial charge in [-0.3, -0.25) is 14.4 Å². The van der Waals surface area contributed by atoms with Crippen molar-refractivity contribution in [2.45, 2.75) is 23.5 Å². The summed E-state index contributed by atoms with van der Waals surface area (Å²) in [6.45, 7) is 1.92. The van der Waals surface area contributed by atoms with E-state index in [1.54, 1.807) is 84.9 Å². The minimum Gasteiger partial charge on any atom is -0.495 e. The fourth-order valence-corrected chi connectivity index (χ4v) is 5.69. The zero-order chi connectivity index (χ0) is 33.1. The number of para-hydroxylation sites is 1. The molecule has 3 N–H and O–H groups in total. The summed E-state index contributed by atoms with van der Waals surface area (Å²) in [4.78, 5) is 40.6. The molecule has 0 saturated heterocycles. The average molecular weight is 660 g/mol. The van der Waals surface area contributed by atoms with E-state index in [9.17, 15) is 14.4 Å². The Morgan fingerprint density at radius 1 is 0.804 bits per heavy atom. The first-order valence-corrected chi connectivity index (χ1v) is 15.5. The van der Waals surface area contributed by atoms with Crippen LogP contribution in [0.15, 0.2) is 102 Å². The van der Waals surface area contributed by atoms with Gasteiger partial charge in [-0.1, -0.05) is 54.9 Å². The van der Waals surface area contributed by atoms with Crippen molar-refractivity contribution in [1.29, 1.82) is 0 Å². The van der Waals surface area contributed by atoms with E-state index in [1.165, 1.54) is 39.2 Å². The van der Waals surface area contributed by atoms with Gasteiger partial charge in [0.1, 0.15) is 11.4 Å². The summed E-state index contributed by atoms with van der Waals surface area (Å²) in [5.74, 6) is 0.188. The minimum absolute atomic E-state index is 0.0116. The monoisotopic (exact) mass is 659 g/mol. The number of hydrogen-bond acceptors (Lipinski definition) is 7. The molecule has 238 valence electrons. The first-order valence-electron chi connectivity index (χ1n) is 14.3. The van der Waals surface area contributed by atoms with Gasteiger partial charge < -0.3 is 30.2 Å². The molecule has 4 aromatic carbocycles. The van der Waals surface area contributed by atoms with Crippen LogP contribution >= 0.6 is 23.4 Å². The van der Waals surface area contributed by atoms with Crippen LogP contribution in [0.2, 0.25) is 5.02 Å². The molecule has 0 saturated carbocycles. The molecule has 4 aromatic rings. The fraction of sp³-hybridized carbons (Fsp3) is 0.171. The van der Waals surface area contributed by atoms with Gasteiger partial charge in [0.05, 0.1) is 31.6 Å². The molecule has 3 amide bonds. The first-order chi connectivity index (χ1) is 22.3. The van der Waals surface area contributed by atoms with Crippen molar-refractivity contribution in [3.05, 3.63) is 113 Å². The molecule has 0 bridgehead atoms. The third-order valence-electron chi connectivity index (χ3n) is 6.71. The van der Waals surface area contributed by atoms with Gasteiger partial charge in [0.15, 0.2) is 11.5 Å². The van der Waals surface area contributed by atoms with Gasteiger partial charge in [-0.15, -0.1) is 11.8 Å². The molecule has 0 aliphatic rings. The smallest absolute Gasteiger partial charge is 0.272 e. The van der Waals surface area contributed by atoms with Crippen LogP contribution in [0, 0.1) is 0 Å². The summed E-state index contributed by atoms with van der Waals surface area (Å²) in [5, 5.41) is 8.47. The average Bonchev–Trinajstić information content (AvgIpc) is 3.07. The third-order valence-corrected chi connectivity index (χ3v) is 8.37. The van der Waals surface area contributed by atoms with E-state index in [2.05, 4.69) is 16.0 Å². The van der Waals surface area contributed by atoms with Gasteiger partial charge in [0.2, 0.25) is 5.91 Å². The van der Waals surface area contributed by atoms with Crippen molar-refractivity contribution in [3.63, 3.8) is 0 Å². The van der Waals surface area contributed by atoms with Crippen molar-refractivity contribution in [1.82, 2.24) is 5.32 Å². The van der Waals surface area contributed by atoms with Crippen LogP contribution in [0.25, 0.3) is 6.08 Å². The van der Waals surface area contributed by atoms with E-state index >= 15 is 0 Å². The number of rotatable bonds is 13. The van der Waals surface area contributed by atoms with Gasteiger partial charge in [-0.25, -0.2) is 0 Å². The maximum Gasteiger partial charge on any atom is 0.272 e. The summed E-state index contributed by atoms with van der Waals surface area (Å²) < 4.78 is 16.1. The van der Waals surface area contributed by atoms with Gasteiger partial charge in [0, 0.05) is 27.4 Å². The van der Waals surface area contributed by atoms with Crippen molar-refractivity contribution in [2.75, 3.05) is 32.0 Å². The number of carbonyl (C=O) groups is 3. The highest BCUT2D eigenvalue weighted by atomic mass is 35.5. The van der Waals surface area contributed by atoms with Gasteiger partial charge >= 0.3 is 0 Å². The van der Waals surface area contributed by atoms with Crippen molar-refractivity contribution in [2.24, 2.45) is 0 Å². The molecule has 0 aromatic heterocycles. The second-order valence-electron chi connectivity index (χ2n) is 9.80. The molecule has 0 aliphatic carbocycles. The number of thioether (sulfide) groups is 1. The number of amides is 3. The second kappa shape index (κ2) is 16.4. The molecule has 9 nitrogen and oxygen atoms in total.